The minimum atomic E-state index is -0.611. The van der Waals surface area contributed by atoms with Crippen molar-refractivity contribution in [2.45, 2.75) is 26.7 Å². The first-order valence-electron chi connectivity index (χ1n) is 11.2. The zero-order valence-electron chi connectivity index (χ0n) is 20.2. The molecular formula is C27H22Cl2N6O2. The second kappa shape index (κ2) is 10.8. The van der Waals surface area contributed by atoms with Gasteiger partial charge >= 0.3 is 5.69 Å². The second-order valence-corrected chi connectivity index (χ2v) is 9.37. The first kappa shape index (κ1) is 25.9. The molecule has 0 spiro atoms. The van der Waals surface area contributed by atoms with Crippen LogP contribution in [0.3, 0.4) is 0 Å². The molecule has 3 aromatic carbocycles. The molecule has 1 aromatic heterocycles. The van der Waals surface area contributed by atoms with E-state index in [0.29, 0.717) is 27.0 Å². The third kappa shape index (κ3) is 5.64. The third-order valence-electron chi connectivity index (χ3n) is 6.01. The summed E-state index contributed by atoms with van der Waals surface area (Å²) in [5.74, 6) is -0.550. The summed E-state index contributed by atoms with van der Waals surface area (Å²) in [7, 11) is 0. The van der Waals surface area contributed by atoms with Crippen LogP contribution < -0.4 is 10.6 Å². The van der Waals surface area contributed by atoms with Crippen molar-refractivity contribution in [3.8, 4) is 6.07 Å². The van der Waals surface area contributed by atoms with Crippen LogP contribution in [0.2, 0.25) is 10.0 Å². The van der Waals surface area contributed by atoms with Gasteiger partial charge in [-0.1, -0.05) is 47.5 Å². The van der Waals surface area contributed by atoms with E-state index in [1.54, 1.807) is 36.4 Å². The van der Waals surface area contributed by atoms with Gasteiger partial charge in [0, 0.05) is 21.4 Å². The lowest BCUT2D eigenvalue weighted by Crippen LogP contribution is -2.07. The van der Waals surface area contributed by atoms with Crippen molar-refractivity contribution in [1.82, 2.24) is 9.97 Å². The molecule has 2 N–H and O–H groups in total. The van der Waals surface area contributed by atoms with Gasteiger partial charge in [-0.2, -0.15) is 5.26 Å². The predicted molar refractivity (Wildman–Crippen MR) is 146 cm³/mol. The maximum atomic E-state index is 12.0. The lowest BCUT2D eigenvalue weighted by atomic mass is 9.91. The van der Waals surface area contributed by atoms with E-state index in [1.165, 1.54) is 6.33 Å². The summed E-state index contributed by atoms with van der Waals surface area (Å²) in [6, 6.07) is 18.4. The Balaban J connectivity index is 1.68. The number of anilines is 4. The van der Waals surface area contributed by atoms with E-state index in [0.717, 1.165) is 22.3 Å². The number of nitrogens with one attached hydrogen (secondary N) is 2. The van der Waals surface area contributed by atoms with E-state index in [9.17, 15) is 15.4 Å². The Kier molecular flexibility index (Phi) is 7.58. The van der Waals surface area contributed by atoms with Gasteiger partial charge in [0.15, 0.2) is 0 Å². The molecule has 1 heterocycles. The van der Waals surface area contributed by atoms with Crippen molar-refractivity contribution in [3.05, 3.63) is 109 Å². The van der Waals surface area contributed by atoms with Crippen LogP contribution in [0.5, 0.6) is 0 Å². The van der Waals surface area contributed by atoms with Crippen LogP contribution in [0.25, 0.3) is 0 Å². The highest BCUT2D eigenvalue weighted by molar-refractivity contribution is 6.32. The molecule has 0 aliphatic rings. The van der Waals surface area contributed by atoms with E-state index in [1.807, 2.05) is 39.0 Å². The normalized spacial score (nSPS) is 11.5. The number of aryl methyl sites for hydroxylation is 3. The molecule has 0 aliphatic heterocycles. The molecule has 37 heavy (non-hydrogen) atoms. The molecule has 0 saturated heterocycles. The van der Waals surface area contributed by atoms with E-state index in [4.69, 9.17) is 23.2 Å². The number of nitriles is 1. The first-order chi connectivity index (χ1) is 17.7. The zero-order chi connectivity index (χ0) is 26.7. The lowest BCUT2D eigenvalue weighted by molar-refractivity contribution is -0.383. The Hall–Kier alpha value is -4.19. The predicted octanol–water partition coefficient (Wildman–Crippen LogP) is 7.76. The number of nitrogens with zero attached hydrogens (tertiary/aromatic N) is 4. The number of nitro groups is 1. The van der Waals surface area contributed by atoms with Crippen molar-refractivity contribution in [1.29, 1.82) is 5.26 Å². The quantitative estimate of drug-likeness (QED) is 0.184. The highest BCUT2D eigenvalue weighted by atomic mass is 35.5. The van der Waals surface area contributed by atoms with Crippen LogP contribution >= 0.6 is 23.2 Å². The van der Waals surface area contributed by atoms with Gasteiger partial charge in [-0.15, -0.1) is 0 Å². The molecule has 0 radical (unpaired) electrons. The van der Waals surface area contributed by atoms with Crippen molar-refractivity contribution in [2.75, 3.05) is 10.6 Å². The maximum absolute atomic E-state index is 12.0. The zero-order valence-corrected chi connectivity index (χ0v) is 21.7. The average molecular weight is 533 g/mol. The van der Waals surface area contributed by atoms with Crippen LogP contribution in [0.1, 0.15) is 33.7 Å². The summed E-state index contributed by atoms with van der Waals surface area (Å²) in [5.41, 5.74) is 5.12. The molecule has 0 aliphatic carbocycles. The van der Waals surface area contributed by atoms with Crippen molar-refractivity contribution < 1.29 is 4.92 Å². The summed E-state index contributed by atoms with van der Waals surface area (Å²) in [6.07, 6.45) is 1.25. The van der Waals surface area contributed by atoms with E-state index in [2.05, 4.69) is 26.7 Å². The smallest absolute Gasteiger partial charge is 0.334 e. The van der Waals surface area contributed by atoms with Gasteiger partial charge in [0.2, 0.25) is 11.6 Å². The minimum absolute atomic E-state index is 0.00721. The Bertz CT molecular complexity index is 1530. The molecule has 4 aromatic rings. The second-order valence-electron chi connectivity index (χ2n) is 8.53. The van der Waals surface area contributed by atoms with Gasteiger partial charge in [0.05, 0.1) is 16.9 Å². The molecule has 186 valence electrons. The number of hydrogen-bond acceptors (Lipinski definition) is 7. The topological polar surface area (TPSA) is 117 Å². The summed E-state index contributed by atoms with van der Waals surface area (Å²) in [6.45, 7) is 5.77. The van der Waals surface area contributed by atoms with Gasteiger partial charge < -0.3 is 10.6 Å². The van der Waals surface area contributed by atoms with E-state index >= 15 is 0 Å². The molecule has 0 bridgehead atoms. The minimum Gasteiger partial charge on any atom is -0.334 e. The number of aromatic nitrogens is 2. The van der Waals surface area contributed by atoms with Gasteiger partial charge in [0.1, 0.15) is 6.33 Å². The Labute approximate surface area is 224 Å². The monoisotopic (exact) mass is 532 g/mol. The number of halogens is 2. The van der Waals surface area contributed by atoms with Crippen molar-refractivity contribution >= 4 is 51.9 Å². The van der Waals surface area contributed by atoms with Crippen LogP contribution in [0, 0.1) is 42.2 Å². The first-order valence-corrected chi connectivity index (χ1v) is 12.0. The molecular weight excluding hydrogens is 511 g/mol. The van der Waals surface area contributed by atoms with Gasteiger partial charge in [-0.05, 0) is 78.9 Å². The van der Waals surface area contributed by atoms with Gasteiger partial charge in [0.25, 0.3) is 0 Å². The van der Waals surface area contributed by atoms with Crippen molar-refractivity contribution in [3.63, 3.8) is 0 Å². The third-order valence-corrected chi connectivity index (χ3v) is 6.59. The van der Waals surface area contributed by atoms with Crippen LogP contribution in [-0.2, 0) is 0 Å². The summed E-state index contributed by atoms with van der Waals surface area (Å²) in [5, 5.41) is 28.8. The maximum Gasteiger partial charge on any atom is 0.353 e. The molecule has 0 fully saturated rings. The lowest BCUT2D eigenvalue weighted by Gasteiger charge is -2.17. The van der Waals surface area contributed by atoms with E-state index < -0.39 is 10.8 Å². The summed E-state index contributed by atoms with van der Waals surface area (Å²) < 4.78 is 0. The Morgan fingerprint density at radius 1 is 0.919 bits per heavy atom. The van der Waals surface area contributed by atoms with Gasteiger partial charge in [-0.3, -0.25) is 10.1 Å². The SMILES string of the molecule is Cc1ccc(Nc2ncnc(Nc3cc(Cl)c(C(C#N)c4ccc(Cl)cc4)cc3C)c2[N+](=O)[O-])cc1C. The van der Waals surface area contributed by atoms with Crippen LogP contribution in [0.4, 0.5) is 28.7 Å². The molecule has 1 atom stereocenters. The van der Waals surface area contributed by atoms with Crippen LogP contribution in [0.15, 0.2) is 60.9 Å². The highest BCUT2D eigenvalue weighted by Gasteiger charge is 2.25. The fourth-order valence-electron chi connectivity index (χ4n) is 3.86. The molecule has 4 rings (SSSR count). The molecule has 0 saturated carbocycles. The Morgan fingerprint density at radius 2 is 1.59 bits per heavy atom. The number of hydrogen-bond donors (Lipinski definition) is 2. The van der Waals surface area contributed by atoms with E-state index in [-0.39, 0.29) is 17.3 Å². The fraction of sp³-hybridized carbons (Fsp3) is 0.148. The molecule has 0 amide bonds. The van der Waals surface area contributed by atoms with Crippen LogP contribution in [-0.4, -0.2) is 14.9 Å². The number of benzene rings is 3. The molecule has 1 unspecified atom stereocenters. The average Bonchev–Trinajstić information content (AvgIpc) is 2.86. The molecule has 10 heteroatoms. The fourth-order valence-corrected chi connectivity index (χ4v) is 4.26. The summed E-state index contributed by atoms with van der Waals surface area (Å²) in [4.78, 5) is 19.7. The largest absolute Gasteiger partial charge is 0.353 e. The highest BCUT2D eigenvalue weighted by Crippen LogP contribution is 2.38. The number of rotatable bonds is 7. The Morgan fingerprint density at radius 3 is 2.22 bits per heavy atom. The standard InChI is InChI=1S/C27H22Cl2N6O2/c1-15-4-9-20(10-16(15)2)33-26-25(35(36)37)27(32-14-31-26)34-24-12-23(29)21(11-17(24)3)22(13-30)18-5-7-19(28)8-6-18/h4-12,14,22H,1-3H3,(H2,31,32,33,34). The summed E-state index contributed by atoms with van der Waals surface area (Å²) >= 11 is 12.6. The van der Waals surface area contributed by atoms with Gasteiger partial charge in [-0.25, -0.2) is 9.97 Å². The van der Waals surface area contributed by atoms with Crippen molar-refractivity contribution in [2.24, 2.45) is 0 Å². The molecule has 8 nitrogen and oxygen atoms in total.